The predicted octanol–water partition coefficient (Wildman–Crippen LogP) is 2.50. The van der Waals surface area contributed by atoms with Crippen molar-refractivity contribution >= 4 is 29.5 Å². The van der Waals surface area contributed by atoms with Crippen LogP contribution < -0.4 is 5.32 Å². The van der Waals surface area contributed by atoms with E-state index in [1.807, 2.05) is 31.2 Å². The molecule has 6 heteroatoms. The van der Waals surface area contributed by atoms with Gasteiger partial charge >= 0.3 is 0 Å². The van der Waals surface area contributed by atoms with Gasteiger partial charge in [0.2, 0.25) is 5.91 Å². The van der Waals surface area contributed by atoms with Crippen LogP contribution in [0.5, 0.6) is 0 Å². The zero-order valence-corrected chi connectivity index (χ0v) is 14.6. The molecule has 1 aliphatic heterocycles. The number of fused-ring (bicyclic) bond motifs is 1. The van der Waals surface area contributed by atoms with Crippen LogP contribution in [-0.4, -0.2) is 41.5 Å². The predicted molar refractivity (Wildman–Crippen MR) is 96.7 cm³/mol. The molecule has 128 valence electrons. The number of nitrogens with one attached hydrogen (secondary N) is 1. The summed E-state index contributed by atoms with van der Waals surface area (Å²) >= 11 is 1.64. The van der Waals surface area contributed by atoms with Crippen molar-refractivity contribution in [3.05, 3.63) is 65.2 Å². The molecule has 0 atom stereocenters. The summed E-state index contributed by atoms with van der Waals surface area (Å²) in [4.78, 5) is 38.6. The Hall–Kier alpha value is -2.60. The van der Waals surface area contributed by atoms with Gasteiger partial charge in [0, 0.05) is 17.2 Å². The minimum absolute atomic E-state index is 0.248. The second kappa shape index (κ2) is 7.53. The van der Waals surface area contributed by atoms with Crippen molar-refractivity contribution in [3.8, 4) is 0 Å². The first-order chi connectivity index (χ1) is 12.1. The second-order valence-corrected chi connectivity index (χ2v) is 6.92. The Morgan fingerprint density at radius 1 is 1.00 bits per heavy atom. The number of imide groups is 1. The van der Waals surface area contributed by atoms with Gasteiger partial charge < -0.3 is 5.32 Å². The summed E-state index contributed by atoms with van der Waals surface area (Å²) in [6, 6.07) is 14.8. The molecule has 2 aromatic carbocycles. The highest BCUT2D eigenvalue weighted by molar-refractivity contribution is 7.99. The molecule has 0 aliphatic carbocycles. The van der Waals surface area contributed by atoms with Crippen LogP contribution in [0.2, 0.25) is 0 Å². The number of benzene rings is 2. The molecule has 0 fully saturated rings. The van der Waals surface area contributed by atoms with Crippen LogP contribution in [0.3, 0.4) is 0 Å². The highest BCUT2D eigenvalue weighted by atomic mass is 32.2. The summed E-state index contributed by atoms with van der Waals surface area (Å²) < 4.78 is 0. The molecule has 1 N–H and O–H groups in total. The smallest absolute Gasteiger partial charge is 0.262 e. The third kappa shape index (κ3) is 3.91. The largest absolute Gasteiger partial charge is 0.354 e. The Labute approximate surface area is 150 Å². The SMILES string of the molecule is Cc1ccc(SCCNC(=O)CN2C(=O)c3ccccc3C2=O)cc1. The number of rotatable bonds is 6. The zero-order valence-electron chi connectivity index (χ0n) is 13.8. The van der Waals surface area contributed by atoms with E-state index in [2.05, 4.69) is 5.32 Å². The Morgan fingerprint density at radius 2 is 1.60 bits per heavy atom. The molecule has 1 aliphatic rings. The molecular formula is C19H18N2O3S. The average Bonchev–Trinajstić information content (AvgIpc) is 2.86. The van der Waals surface area contributed by atoms with Gasteiger partial charge in [-0.1, -0.05) is 29.8 Å². The minimum atomic E-state index is -0.412. The third-order valence-electron chi connectivity index (χ3n) is 3.89. The van der Waals surface area contributed by atoms with Gasteiger partial charge in [0.1, 0.15) is 6.54 Å². The van der Waals surface area contributed by atoms with Crippen molar-refractivity contribution in [1.29, 1.82) is 0 Å². The molecule has 3 amide bonds. The molecule has 0 aromatic heterocycles. The molecule has 5 nitrogen and oxygen atoms in total. The topological polar surface area (TPSA) is 66.5 Å². The van der Waals surface area contributed by atoms with Gasteiger partial charge in [0.25, 0.3) is 11.8 Å². The summed E-state index contributed by atoms with van der Waals surface area (Å²) in [5, 5.41) is 2.75. The van der Waals surface area contributed by atoms with E-state index in [1.165, 1.54) is 5.56 Å². The van der Waals surface area contributed by atoms with E-state index < -0.39 is 11.8 Å². The van der Waals surface area contributed by atoms with Gasteiger partial charge in [0.15, 0.2) is 0 Å². The van der Waals surface area contributed by atoms with E-state index in [-0.39, 0.29) is 12.5 Å². The van der Waals surface area contributed by atoms with Gasteiger partial charge in [-0.2, -0.15) is 0 Å². The van der Waals surface area contributed by atoms with Crippen molar-refractivity contribution in [3.63, 3.8) is 0 Å². The summed E-state index contributed by atoms with van der Waals surface area (Å²) in [5.74, 6) is -0.440. The number of hydrogen-bond donors (Lipinski definition) is 1. The number of thioether (sulfide) groups is 1. The van der Waals surface area contributed by atoms with Crippen LogP contribution in [0, 0.1) is 6.92 Å². The molecule has 1 heterocycles. The first kappa shape index (κ1) is 17.2. The maximum Gasteiger partial charge on any atom is 0.262 e. The fraction of sp³-hybridized carbons (Fsp3) is 0.211. The molecule has 0 spiro atoms. The standard InChI is InChI=1S/C19H18N2O3S/c1-13-6-8-14(9-7-13)25-11-10-20-17(22)12-21-18(23)15-4-2-3-5-16(15)19(21)24/h2-9H,10-12H2,1H3,(H,20,22). The van der Waals surface area contributed by atoms with Crippen LogP contribution in [0.1, 0.15) is 26.3 Å². The van der Waals surface area contributed by atoms with Gasteiger partial charge in [-0.15, -0.1) is 11.8 Å². The number of carbonyl (C=O) groups excluding carboxylic acids is 3. The summed E-state index contributed by atoms with van der Waals surface area (Å²) in [5.41, 5.74) is 1.92. The molecule has 2 aromatic rings. The molecule has 0 saturated heterocycles. The molecule has 0 bridgehead atoms. The quantitative estimate of drug-likeness (QED) is 0.492. The van der Waals surface area contributed by atoms with E-state index in [0.29, 0.717) is 17.7 Å². The number of amides is 3. The Balaban J connectivity index is 1.46. The van der Waals surface area contributed by atoms with Crippen molar-refractivity contribution in [2.45, 2.75) is 11.8 Å². The van der Waals surface area contributed by atoms with Crippen molar-refractivity contribution in [1.82, 2.24) is 10.2 Å². The number of nitrogens with zero attached hydrogens (tertiary/aromatic N) is 1. The Kier molecular flexibility index (Phi) is 5.19. The Morgan fingerprint density at radius 3 is 2.20 bits per heavy atom. The van der Waals surface area contributed by atoms with Crippen LogP contribution in [0.15, 0.2) is 53.4 Å². The van der Waals surface area contributed by atoms with Crippen LogP contribution >= 0.6 is 11.8 Å². The summed E-state index contributed by atoms with van der Waals surface area (Å²) in [6.45, 7) is 2.26. The van der Waals surface area contributed by atoms with Gasteiger partial charge in [-0.05, 0) is 31.2 Å². The molecule has 0 saturated carbocycles. The number of aryl methyl sites for hydroxylation is 1. The molecule has 0 radical (unpaired) electrons. The highest BCUT2D eigenvalue weighted by Crippen LogP contribution is 2.22. The van der Waals surface area contributed by atoms with Crippen molar-refractivity contribution < 1.29 is 14.4 Å². The van der Waals surface area contributed by atoms with Crippen LogP contribution in [0.4, 0.5) is 0 Å². The lowest BCUT2D eigenvalue weighted by Gasteiger charge is -2.13. The fourth-order valence-electron chi connectivity index (χ4n) is 2.58. The third-order valence-corrected chi connectivity index (χ3v) is 4.91. The zero-order chi connectivity index (χ0) is 17.8. The van der Waals surface area contributed by atoms with E-state index >= 15 is 0 Å². The van der Waals surface area contributed by atoms with Crippen LogP contribution in [-0.2, 0) is 4.79 Å². The molecule has 0 unspecified atom stereocenters. The number of hydrogen-bond acceptors (Lipinski definition) is 4. The summed E-state index contributed by atoms with van der Waals surface area (Å²) in [7, 11) is 0. The average molecular weight is 354 g/mol. The van der Waals surface area contributed by atoms with E-state index in [1.54, 1.807) is 36.0 Å². The second-order valence-electron chi connectivity index (χ2n) is 5.75. The van der Waals surface area contributed by atoms with Gasteiger partial charge in [0.05, 0.1) is 11.1 Å². The van der Waals surface area contributed by atoms with E-state index in [4.69, 9.17) is 0 Å². The molecule has 25 heavy (non-hydrogen) atoms. The fourth-order valence-corrected chi connectivity index (χ4v) is 3.34. The highest BCUT2D eigenvalue weighted by Gasteiger charge is 2.36. The van der Waals surface area contributed by atoms with E-state index in [0.717, 1.165) is 15.5 Å². The lowest BCUT2D eigenvalue weighted by atomic mass is 10.1. The Bertz CT molecular complexity index is 783. The lowest BCUT2D eigenvalue weighted by Crippen LogP contribution is -2.40. The molecule has 3 rings (SSSR count). The maximum absolute atomic E-state index is 12.2. The molecular weight excluding hydrogens is 336 g/mol. The van der Waals surface area contributed by atoms with Crippen LogP contribution in [0.25, 0.3) is 0 Å². The minimum Gasteiger partial charge on any atom is -0.354 e. The van der Waals surface area contributed by atoms with Gasteiger partial charge in [-0.3, -0.25) is 19.3 Å². The lowest BCUT2D eigenvalue weighted by molar-refractivity contribution is -0.121. The van der Waals surface area contributed by atoms with Crippen molar-refractivity contribution in [2.24, 2.45) is 0 Å². The van der Waals surface area contributed by atoms with E-state index in [9.17, 15) is 14.4 Å². The maximum atomic E-state index is 12.2. The van der Waals surface area contributed by atoms with Gasteiger partial charge in [-0.25, -0.2) is 0 Å². The normalized spacial score (nSPS) is 13.1. The monoisotopic (exact) mass is 354 g/mol. The first-order valence-electron chi connectivity index (χ1n) is 7.97. The summed E-state index contributed by atoms with van der Waals surface area (Å²) in [6.07, 6.45) is 0. The van der Waals surface area contributed by atoms with Crippen molar-refractivity contribution in [2.75, 3.05) is 18.8 Å². The number of carbonyl (C=O) groups is 3. The first-order valence-corrected chi connectivity index (χ1v) is 8.96.